The molecule has 6 rings (SSSR count). The van der Waals surface area contributed by atoms with Crippen molar-refractivity contribution in [2.45, 2.75) is 102 Å². The molecule has 5 N–H and O–H groups in total. The maximum Gasteiger partial charge on any atom is 0.490 e. The van der Waals surface area contributed by atoms with Gasteiger partial charge in [0.15, 0.2) is 17.5 Å². The van der Waals surface area contributed by atoms with Crippen LogP contribution in [0.2, 0.25) is 0 Å². The number of amides is 2. The van der Waals surface area contributed by atoms with Crippen LogP contribution in [0, 0.1) is 34.9 Å². The number of carbonyl (C=O) groups excluding carboxylic acids is 2. The summed E-state index contributed by atoms with van der Waals surface area (Å²) in [5, 5.41) is 12.9. The molecule has 45 heavy (non-hydrogen) atoms. The average molecular weight is 641 g/mol. The zero-order chi connectivity index (χ0) is 32.8. The quantitative estimate of drug-likeness (QED) is 0.160. The molecule has 13 heteroatoms. The number of alkyl halides is 3. The summed E-state index contributed by atoms with van der Waals surface area (Å²) >= 11 is 0. The van der Waals surface area contributed by atoms with Gasteiger partial charge < -0.3 is 20.9 Å². The fraction of sp³-hybridized carbons (Fsp3) is 0.688. The highest BCUT2D eigenvalue weighted by atomic mass is 19.4. The van der Waals surface area contributed by atoms with Gasteiger partial charge in [-0.05, 0) is 91.7 Å². The largest absolute Gasteiger partial charge is 0.494 e. The number of hydrogen-bond acceptors (Lipinski definition) is 5. The molecule has 0 radical (unpaired) electrons. The number of ether oxygens (including phenoxy) is 1. The third-order valence-electron chi connectivity index (χ3n) is 9.77. The normalized spacial score (nSPS) is 26.8. The fourth-order valence-corrected chi connectivity index (χ4v) is 8.31. The summed E-state index contributed by atoms with van der Waals surface area (Å²) < 4.78 is 50.6. The van der Waals surface area contributed by atoms with Crippen LogP contribution in [0.3, 0.4) is 0 Å². The van der Waals surface area contributed by atoms with Crippen LogP contribution in [0.1, 0.15) is 89.0 Å². The zero-order valence-corrected chi connectivity index (χ0v) is 25.6. The molecule has 1 atom stereocenters. The molecular formula is C32H44F4N4O5. The minimum Gasteiger partial charge on any atom is -0.494 e. The van der Waals surface area contributed by atoms with Gasteiger partial charge in [0.1, 0.15) is 6.04 Å². The van der Waals surface area contributed by atoms with Gasteiger partial charge >= 0.3 is 12.1 Å². The number of methoxy groups -OCH3 is 1. The highest BCUT2D eigenvalue weighted by Gasteiger charge is 2.51. The Labute approximate surface area is 260 Å². The zero-order valence-electron chi connectivity index (χ0n) is 25.6. The Hall–Kier alpha value is -3.38. The van der Waals surface area contributed by atoms with Crippen LogP contribution in [0.25, 0.3) is 0 Å². The smallest absolute Gasteiger partial charge is 0.490 e. The van der Waals surface area contributed by atoms with Crippen LogP contribution in [0.15, 0.2) is 23.2 Å². The molecule has 0 heterocycles. The number of nitrogens with two attached hydrogens (primary N) is 1. The van der Waals surface area contributed by atoms with Gasteiger partial charge in [0.05, 0.1) is 7.11 Å². The summed E-state index contributed by atoms with van der Waals surface area (Å²) in [6.07, 6.45) is 9.21. The second-order valence-electron chi connectivity index (χ2n) is 13.4. The monoisotopic (exact) mass is 640 g/mol. The van der Waals surface area contributed by atoms with Crippen molar-refractivity contribution < 1.29 is 41.8 Å². The first-order valence-electron chi connectivity index (χ1n) is 15.8. The Balaban J connectivity index is 0.000000591. The van der Waals surface area contributed by atoms with Gasteiger partial charge in [-0.2, -0.15) is 13.2 Å². The van der Waals surface area contributed by atoms with Gasteiger partial charge in [0, 0.05) is 13.0 Å². The lowest BCUT2D eigenvalue weighted by Gasteiger charge is -2.56. The number of carboxylic acids is 1. The van der Waals surface area contributed by atoms with Crippen molar-refractivity contribution in [1.29, 1.82) is 0 Å². The maximum absolute atomic E-state index is 13.8. The Bertz CT molecular complexity index is 1210. The van der Waals surface area contributed by atoms with Crippen molar-refractivity contribution in [3.8, 4) is 5.75 Å². The topological polar surface area (TPSA) is 143 Å². The first kappa shape index (κ1) is 34.5. The lowest BCUT2D eigenvalue weighted by molar-refractivity contribution is -0.192. The van der Waals surface area contributed by atoms with Crippen molar-refractivity contribution >= 4 is 23.7 Å². The van der Waals surface area contributed by atoms with Gasteiger partial charge in [-0.1, -0.05) is 38.2 Å². The standard InChI is InChI=1S/C30H43FN4O3.C2HF3O2/c1-38-26-13-20(7-8-24(26)31)18-33-28(37)25(12-19-5-3-2-4-6-19)34-29(32)35-27(36)17-30-14-21-9-22(15-30)11-23(10-21)16-30;3-2(4,5)1(6)7/h7-8,13,19,21-23,25H,2-6,9-12,14-18H2,1H3,(H,33,37)(H3,32,34,35,36);(H,6,7)/t21?,22?,23?,25-,30?;/m1./s1. The Morgan fingerprint density at radius 3 is 2.18 bits per heavy atom. The van der Waals surface area contributed by atoms with E-state index < -0.39 is 24.0 Å². The molecule has 5 saturated carbocycles. The van der Waals surface area contributed by atoms with Crippen LogP contribution >= 0.6 is 0 Å². The summed E-state index contributed by atoms with van der Waals surface area (Å²) in [6, 6.07) is 3.85. The van der Waals surface area contributed by atoms with E-state index in [9.17, 15) is 27.2 Å². The van der Waals surface area contributed by atoms with E-state index in [0.29, 0.717) is 18.8 Å². The third kappa shape index (κ3) is 9.80. The molecule has 0 aromatic heterocycles. The molecule has 9 nitrogen and oxygen atoms in total. The summed E-state index contributed by atoms with van der Waals surface area (Å²) in [6.45, 7) is 0.227. The van der Waals surface area contributed by atoms with E-state index in [1.165, 1.54) is 38.9 Å². The highest BCUT2D eigenvalue weighted by molar-refractivity contribution is 5.97. The van der Waals surface area contributed by atoms with Crippen molar-refractivity contribution in [1.82, 2.24) is 10.6 Å². The van der Waals surface area contributed by atoms with Gasteiger partial charge in [-0.25, -0.2) is 14.2 Å². The van der Waals surface area contributed by atoms with Crippen molar-refractivity contribution in [2.75, 3.05) is 7.11 Å². The van der Waals surface area contributed by atoms with E-state index in [1.807, 2.05) is 0 Å². The molecule has 2 amide bonds. The number of nitrogens with zero attached hydrogens (tertiary/aromatic N) is 1. The summed E-state index contributed by atoms with van der Waals surface area (Å²) in [5.74, 6) is -0.602. The minimum atomic E-state index is -5.08. The highest BCUT2D eigenvalue weighted by Crippen LogP contribution is 2.61. The molecule has 0 spiro atoms. The van der Waals surface area contributed by atoms with E-state index in [0.717, 1.165) is 68.3 Å². The van der Waals surface area contributed by atoms with E-state index in [-0.39, 0.29) is 35.5 Å². The van der Waals surface area contributed by atoms with Gasteiger partial charge in [0.25, 0.3) is 0 Å². The number of carboxylic acid groups (broad SMARTS) is 1. The van der Waals surface area contributed by atoms with E-state index in [1.54, 1.807) is 12.1 Å². The first-order chi connectivity index (χ1) is 21.2. The van der Waals surface area contributed by atoms with E-state index >= 15 is 0 Å². The first-order valence-corrected chi connectivity index (χ1v) is 15.8. The predicted molar refractivity (Wildman–Crippen MR) is 158 cm³/mol. The van der Waals surface area contributed by atoms with Crippen LogP contribution in [0.5, 0.6) is 5.75 Å². The molecule has 5 aliphatic rings. The van der Waals surface area contributed by atoms with Crippen LogP contribution < -0.4 is 21.1 Å². The number of rotatable bonds is 9. The number of aliphatic carboxylic acids is 1. The predicted octanol–water partition coefficient (Wildman–Crippen LogP) is 5.46. The van der Waals surface area contributed by atoms with Gasteiger partial charge in [-0.15, -0.1) is 0 Å². The van der Waals surface area contributed by atoms with Crippen molar-refractivity contribution in [3.05, 3.63) is 29.6 Å². The second-order valence-corrected chi connectivity index (χ2v) is 13.4. The molecular weight excluding hydrogens is 596 g/mol. The third-order valence-corrected chi connectivity index (χ3v) is 9.77. The molecule has 4 bridgehead atoms. The van der Waals surface area contributed by atoms with Crippen LogP contribution in [-0.2, 0) is 20.9 Å². The number of carbonyl (C=O) groups is 3. The lowest BCUT2D eigenvalue weighted by Crippen LogP contribution is -2.49. The number of halogens is 4. The summed E-state index contributed by atoms with van der Waals surface area (Å²) in [4.78, 5) is 39.7. The molecule has 5 aliphatic carbocycles. The fourth-order valence-electron chi connectivity index (χ4n) is 8.31. The summed E-state index contributed by atoms with van der Waals surface area (Å²) in [5.41, 5.74) is 7.08. The van der Waals surface area contributed by atoms with Gasteiger partial charge in [0.2, 0.25) is 11.8 Å². The van der Waals surface area contributed by atoms with Gasteiger partial charge in [-0.3, -0.25) is 14.9 Å². The Morgan fingerprint density at radius 1 is 1.07 bits per heavy atom. The molecule has 250 valence electrons. The Kier molecular flexibility index (Phi) is 11.4. The number of benzene rings is 1. The minimum absolute atomic E-state index is 0.0270. The average Bonchev–Trinajstić information content (AvgIpc) is 2.95. The number of aliphatic imine (C=N–C) groups is 1. The van der Waals surface area contributed by atoms with Crippen molar-refractivity contribution in [2.24, 2.45) is 39.8 Å². The molecule has 5 fully saturated rings. The number of nitrogens with one attached hydrogen (secondary N) is 2. The van der Waals surface area contributed by atoms with Crippen LogP contribution in [0.4, 0.5) is 17.6 Å². The SMILES string of the molecule is COc1cc(CNC(=O)[C@@H](CC2CCCCC2)N=C(N)NC(=O)CC23CC4CC(CC(C4)C2)C3)ccc1F.O=C(O)C(F)(F)F. The number of guanidine groups is 1. The number of hydrogen-bond donors (Lipinski definition) is 4. The second kappa shape index (κ2) is 14.8. The Morgan fingerprint density at radius 2 is 1.64 bits per heavy atom. The molecule has 0 aliphatic heterocycles. The van der Waals surface area contributed by atoms with Crippen LogP contribution in [-0.4, -0.2) is 48.2 Å². The maximum atomic E-state index is 13.8. The molecule has 1 aromatic rings. The summed E-state index contributed by atoms with van der Waals surface area (Å²) in [7, 11) is 1.41. The lowest BCUT2D eigenvalue weighted by atomic mass is 9.49. The van der Waals surface area contributed by atoms with E-state index in [2.05, 4.69) is 15.6 Å². The molecule has 0 unspecified atom stereocenters. The van der Waals surface area contributed by atoms with E-state index in [4.69, 9.17) is 20.4 Å². The van der Waals surface area contributed by atoms with Crippen molar-refractivity contribution in [3.63, 3.8) is 0 Å². The molecule has 0 saturated heterocycles. The molecule has 1 aromatic carbocycles.